The molecule has 0 heterocycles. The van der Waals surface area contributed by atoms with E-state index in [9.17, 15) is 10.5 Å². The molecule has 0 unspecified atom stereocenters. The third-order valence-electron chi connectivity index (χ3n) is 6.14. The Hall–Kier alpha value is -5.56. The summed E-state index contributed by atoms with van der Waals surface area (Å²) in [5.74, 6) is 3.80. The SMILES string of the molecule is C#Cc1c(-c2ccc(-c3ccccc3)cc2)ccc(-c2ccccc2)c1Oc1ccc(C#N)c(C#N)c1. The van der Waals surface area contributed by atoms with Crippen LogP contribution in [0.5, 0.6) is 11.5 Å². The van der Waals surface area contributed by atoms with Gasteiger partial charge in [0, 0.05) is 11.1 Å². The highest BCUT2D eigenvalue weighted by atomic mass is 16.5. The summed E-state index contributed by atoms with van der Waals surface area (Å²) in [4.78, 5) is 0. The molecule has 3 nitrogen and oxygen atoms in total. The molecule has 172 valence electrons. The van der Waals surface area contributed by atoms with Gasteiger partial charge in [0.1, 0.15) is 17.9 Å². The number of hydrogen-bond donors (Lipinski definition) is 0. The van der Waals surface area contributed by atoms with Crippen molar-refractivity contribution in [3.05, 3.63) is 132 Å². The van der Waals surface area contributed by atoms with E-state index in [1.54, 1.807) is 18.2 Å². The molecule has 0 saturated carbocycles. The maximum absolute atomic E-state index is 9.48. The van der Waals surface area contributed by atoms with Gasteiger partial charge in [-0.1, -0.05) is 96.9 Å². The average Bonchev–Trinajstić information content (AvgIpc) is 2.97. The standard InChI is InChI=1S/C34H20N2O/c1-2-31-32(27-15-13-25(14-16-27)24-9-5-3-6-10-24)19-20-33(26-11-7-4-8-12-26)34(31)37-30-18-17-28(22-35)29(21-30)23-36/h1,3-21H. The summed E-state index contributed by atoms with van der Waals surface area (Å²) >= 11 is 0. The van der Waals surface area contributed by atoms with Crippen LogP contribution in [0.2, 0.25) is 0 Å². The minimum Gasteiger partial charge on any atom is -0.455 e. The molecule has 5 aromatic rings. The van der Waals surface area contributed by atoms with E-state index < -0.39 is 0 Å². The smallest absolute Gasteiger partial charge is 0.151 e. The van der Waals surface area contributed by atoms with Crippen molar-refractivity contribution in [2.75, 3.05) is 0 Å². The van der Waals surface area contributed by atoms with Crippen molar-refractivity contribution in [3.8, 4) is 69.4 Å². The molecule has 0 aromatic heterocycles. The lowest BCUT2D eigenvalue weighted by atomic mass is 9.92. The van der Waals surface area contributed by atoms with Gasteiger partial charge in [0.2, 0.25) is 0 Å². The Morgan fingerprint density at radius 3 is 1.70 bits per heavy atom. The number of nitrogens with zero attached hydrogens (tertiary/aromatic N) is 2. The molecular weight excluding hydrogens is 452 g/mol. The molecule has 0 amide bonds. The molecule has 0 saturated heterocycles. The average molecular weight is 473 g/mol. The highest BCUT2D eigenvalue weighted by molar-refractivity contribution is 5.84. The monoisotopic (exact) mass is 472 g/mol. The van der Waals surface area contributed by atoms with E-state index in [1.807, 2.05) is 66.7 Å². The Kier molecular flexibility index (Phi) is 6.50. The molecule has 37 heavy (non-hydrogen) atoms. The number of ether oxygens (including phenoxy) is 1. The van der Waals surface area contributed by atoms with Crippen LogP contribution in [0.15, 0.2) is 115 Å². The maximum Gasteiger partial charge on any atom is 0.151 e. The van der Waals surface area contributed by atoms with Crippen molar-refractivity contribution in [1.29, 1.82) is 10.5 Å². The molecule has 3 heteroatoms. The zero-order chi connectivity index (χ0) is 25.6. The van der Waals surface area contributed by atoms with Crippen LogP contribution in [-0.4, -0.2) is 0 Å². The topological polar surface area (TPSA) is 56.8 Å². The molecule has 0 aliphatic carbocycles. The molecule has 0 aliphatic heterocycles. The van der Waals surface area contributed by atoms with Gasteiger partial charge in [-0.2, -0.15) is 10.5 Å². The summed E-state index contributed by atoms with van der Waals surface area (Å²) in [6.07, 6.45) is 6.09. The predicted molar refractivity (Wildman–Crippen MR) is 147 cm³/mol. The molecule has 0 fully saturated rings. The molecule has 0 atom stereocenters. The number of nitriles is 2. The zero-order valence-corrected chi connectivity index (χ0v) is 19.8. The largest absolute Gasteiger partial charge is 0.455 e. The van der Waals surface area contributed by atoms with Crippen molar-refractivity contribution >= 4 is 0 Å². The van der Waals surface area contributed by atoms with Crippen molar-refractivity contribution in [3.63, 3.8) is 0 Å². The van der Waals surface area contributed by atoms with E-state index in [1.165, 1.54) is 0 Å². The Balaban J connectivity index is 1.64. The first-order valence-electron chi connectivity index (χ1n) is 11.7. The van der Waals surface area contributed by atoms with Gasteiger partial charge in [-0.05, 0) is 46.5 Å². The third-order valence-corrected chi connectivity index (χ3v) is 6.14. The lowest BCUT2D eigenvalue weighted by molar-refractivity contribution is 0.483. The van der Waals surface area contributed by atoms with E-state index in [2.05, 4.69) is 48.4 Å². The number of rotatable bonds is 5. The van der Waals surface area contributed by atoms with Gasteiger partial charge in [0.15, 0.2) is 5.75 Å². The van der Waals surface area contributed by atoms with Crippen molar-refractivity contribution < 1.29 is 4.74 Å². The van der Waals surface area contributed by atoms with Crippen LogP contribution in [0.3, 0.4) is 0 Å². The Labute approximate surface area is 216 Å². The highest BCUT2D eigenvalue weighted by Crippen LogP contribution is 2.41. The van der Waals surface area contributed by atoms with Crippen LogP contribution in [0.25, 0.3) is 33.4 Å². The van der Waals surface area contributed by atoms with Crippen LogP contribution in [0.1, 0.15) is 16.7 Å². The van der Waals surface area contributed by atoms with Gasteiger partial charge >= 0.3 is 0 Å². The van der Waals surface area contributed by atoms with E-state index in [4.69, 9.17) is 11.2 Å². The molecule has 0 N–H and O–H groups in total. The fourth-order valence-electron chi connectivity index (χ4n) is 4.29. The van der Waals surface area contributed by atoms with Gasteiger partial charge in [-0.25, -0.2) is 0 Å². The molecule has 0 radical (unpaired) electrons. The van der Waals surface area contributed by atoms with Gasteiger partial charge in [0.05, 0.1) is 16.7 Å². The van der Waals surface area contributed by atoms with Gasteiger partial charge in [0.25, 0.3) is 0 Å². The first kappa shape index (κ1) is 23.2. The minimum atomic E-state index is 0.246. The maximum atomic E-state index is 9.48. The van der Waals surface area contributed by atoms with E-state index >= 15 is 0 Å². The van der Waals surface area contributed by atoms with Gasteiger partial charge in [-0.15, -0.1) is 6.42 Å². The van der Waals surface area contributed by atoms with Gasteiger partial charge < -0.3 is 4.74 Å². The molecule has 0 aliphatic rings. The zero-order valence-electron chi connectivity index (χ0n) is 19.8. The van der Waals surface area contributed by atoms with Crippen molar-refractivity contribution in [2.45, 2.75) is 0 Å². The highest BCUT2D eigenvalue weighted by Gasteiger charge is 2.18. The lowest BCUT2D eigenvalue weighted by Gasteiger charge is -2.17. The summed E-state index contributed by atoms with van der Waals surface area (Å²) in [6, 6.07) is 41.3. The second-order valence-corrected chi connectivity index (χ2v) is 8.35. The first-order valence-corrected chi connectivity index (χ1v) is 11.7. The molecule has 0 bridgehead atoms. The predicted octanol–water partition coefficient (Wildman–Crippen LogP) is 8.20. The summed E-state index contributed by atoms with van der Waals surface area (Å²) in [6.45, 7) is 0. The van der Waals surface area contributed by atoms with E-state index in [-0.39, 0.29) is 5.56 Å². The summed E-state index contributed by atoms with van der Waals surface area (Å²) in [7, 11) is 0. The van der Waals surface area contributed by atoms with Crippen LogP contribution >= 0.6 is 0 Å². The van der Waals surface area contributed by atoms with Crippen molar-refractivity contribution in [2.24, 2.45) is 0 Å². The van der Waals surface area contributed by atoms with E-state index in [0.717, 1.165) is 33.4 Å². The fraction of sp³-hybridized carbons (Fsp3) is 0. The quantitative estimate of drug-likeness (QED) is 0.242. The van der Waals surface area contributed by atoms with Crippen LogP contribution in [0.4, 0.5) is 0 Å². The Bertz CT molecular complexity index is 1700. The van der Waals surface area contributed by atoms with Crippen molar-refractivity contribution in [1.82, 2.24) is 0 Å². The Morgan fingerprint density at radius 1 is 0.541 bits per heavy atom. The number of hydrogen-bond acceptors (Lipinski definition) is 3. The fourth-order valence-corrected chi connectivity index (χ4v) is 4.29. The van der Waals surface area contributed by atoms with Gasteiger partial charge in [-0.3, -0.25) is 0 Å². The third kappa shape index (κ3) is 4.69. The Morgan fingerprint density at radius 2 is 1.08 bits per heavy atom. The normalized spacial score (nSPS) is 10.1. The summed E-state index contributed by atoms with van der Waals surface area (Å²) in [5.41, 5.74) is 7.03. The second kappa shape index (κ2) is 10.4. The van der Waals surface area contributed by atoms with E-state index in [0.29, 0.717) is 22.6 Å². The summed E-state index contributed by atoms with van der Waals surface area (Å²) in [5, 5.41) is 18.8. The first-order chi connectivity index (χ1) is 18.2. The number of benzene rings is 5. The molecule has 0 spiro atoms. The number of terminal acetylenes is 1. The molecule has 5 rings (SSSR count). The van der Waals surface area contributed by atoms with Crippen LogP contribution in [0, 0.1) is 35.0 Å². The lowest BCUT2D eigenvalue weighted by Crippen LogP contribution is -1.96. The summed E-state index contributed by atoms with van der Waals surface area (Å²) < 4.78 is 6.38. The van der Waals surface area contributed by atoms with Crippen LogP contribution < -0.4 is 4.74 Å². The minimum absolute atomic E-state index is 0.246. The molecular formula is C34H20N2O. The molecule has 5 aromatic carbocycles. The van der Waals surface area contributed by atoms with Crippen LogP contribution in [-0.2, 0) is 0 Å². The second-order valence-electron chi connectivity index (χ2n) is 8.35.